The fraction of sp³-hybridized carbons (Fsp3) is 0.810. The van der Waals surface area contributed by atoms with Gasteiger partial charge >= 0.3 is 0 Å². The quantitative estimate of drug-likeness (QED) is 0.864. The SMILES string of the molecule is C[C@@H]1Cc2c(C(=O)N3CCC4(CCC(N(C)C)CC4)CC3)n[nH]c2[C@H](C)O1. The van der Waals surface area contributed by atoms with Crippen LogP contribution in [0, 0.1) is 5.41 Å². The number of piperidine rings is 1. The Bertz CT molecular complexity index is 680. The molecule has 2 aliphatic heterocycles. The predicted molar refractivity (Wildman–Crippen MR) is 105 cm³/mol. The summed E-state index contributed by atoms with van der Waals surface area (Å²) in [6.07, 6.45) is 8.36. The number of likely N-dealkylation sites (tertiary alicyclic amines) is 1. The maximum absolute atomic E-state index is 13.2. The molecule has 6 heteroatoms. The van der Waals surface area contributed by atoms with E-state index in [9.17, 15) is 4.79 Å². The molecule has 0 radical (unpaired) electrons. The van der Waals surface area contributed by atoms with E-state index in [-0.39, 0.29) is 18.1 Å². The first-order valence-corrected chi connectivity index (χ1v) is 10.6. The molecule has 1 amide bonds. The molecule has 150 valence electrons. The lowest BCUT2D eigenvalue weighted by molar-refractivity contribution is -0.00707. The van der Waals surface area contributed by atoms with Crippen molar-refractivity contribution in [2.24, 2.45) is 5.41 Å². The molecule has 4 rings (SSSR count). The number of rotatable bonds is 2. The van der Waals surface area contributed by atoms with Crippen molar-refractivity contribution in [3.63, 3.8) is 0 Å². The molecule has 3 heterocycles. The molecule has 3 aliphatic rings. The highest BCUT2D eigenvalue weighted by molar-refractivity contribution is 5.94. The molecule has 0 unspecified atom stereocenters. The van der Waals surface area contributed by atoms with Crippen molar-refractivity contribution in [3.05, 3.63) is 17.0 Å². The van der Waals surface area contributed by atoms with Crippen LogP contribution >= 0.6 is 0 Å². The fourth-order valence-electron chi connectivity index (χ4n) is 5.42. The highest BCUT2D eigenvalue weighted by Gasteiger charge is 2.40. The molecule has 27 heavy (non-hydrogen) atoms. The van der Waals surface area contributed by atoms with Gasteiger partial charge in [0.05, 0.1) is 17.9 Å². The molecule has 2 atom stereocenters. The van der Waals surface area contributed by atoms with Crippen molar-refractivity contribution < 1.29 is 9.53 Å². The molecule has 1 saturated heterocycles. The van der Waals surface area contributed by atoms with Crippen LogP contribution in [0.15, 0.2) is 0 Å². The minimum atomic E-state index is -0.0192. The van der Waals surface area contributed by atoms with Gasteiger partial charge in [-0.05, 0) is 71.9 Å². The van der Waals surface area contributed by atoms with E-state index in [0.29, 0.717) is 11.1 Å². The molecule has 1 aromatic heterocycles. The average Bonchev–Trinajstić information content (AvgIpc) is 3.06. The Labute approximate surface area is 162 Å². The van der Waals surface area contributed by atoms with Crippen molar-refractivity contribution in [1.29, 1.82) is 0 Å². The minimum absolute atomic E-state index is 0.0192. The first-order valence-electron chi connectivity index (χ1n) is 10.6. The lowest BCUT2D eigenvalue weighted by Gasteiger charge is -2.47. The summed E-state index contributed by atoms with van der Waals surface area (Å²) in [4.78, 5) is 17.6. The van der Waals surface area contributed by atoms with E-state index in [4.69, 9.17) is 4.74 Å². The van der Waals surface area contributed by atoms with E-state index in [1.54, 1.807) is 0 Å². The lowest BCUT2D eigenvalue weighted by Crippen LogP contribution is -2.46. The largest absolute Gasteiger partial charge is 0.369 e. The molecule has 1 spiro atoms. The van der Waals surface area contributed by atoms with Gasteiger partial charge in [0.1, 0.15) is 0 Å². The number of hydrogen-bond acceptors (Lipinski definition) is 4. The molecule has 1 saturated carbocycles. The van der Waals surface area contributed by atoms with Crippen molar-refractivity contribution in [3.8, 4) is 0 Å². The number of ether oxygens (including phenoxy) is 1. The zero-order valence-corrected chi connectivity index (χ0v) is 17.3. The summed E-state index contributed by atoms with van der Waals surface area (Å²) in [5, 5.41) is 7.45. The minimum Gasteiger partial charge on any atom is -0.369 e. The molecule has 1 aromatic rings. The summed E-state index contributed by atoms with van der Waals surface area (Å²) in [5.74, 6) is 0.102. The van der Waals surface area contributed by atoms with Gasteiger partial charge in [-0.2, -0.15) is 5.10 Å². The van der Waals surface area contributed by atoms with Gasteiger partial charge in [-0.15, -0.1) is 0 Å². The maximum Gasteiger partial charge on any atom is 0.274 e. The van der Waals surface area contributed by atoms with Crippen LogP contribution in [0.4, 0.5) is 0 Å². The second-order valence-electron chi connectivity index (χ2n) is 9.24. The van der Waals surface area contributed by atoms with Gasteiger partial charge in [0, 0.05) is 31.1 Å². The van der Waals surface area contributed by atoms with Crippen LogP contribution in [0.1, 0.15) is 80.2 Å². The third kappa shape index (κ3) is 3.54. The monoisotopic (exact) mass is 374 g/mol. The fourth-order valence-corrected chi connectivity index (χ4v) is 5.42. The van der Waals surface area contributed by atoms with Gasteiger partial charge < -0.3 is 14.5 Å². The van der Waals surface area contributed by atoms with E-state index in [1.807, 2.05) is 11.8 Å². The van der Waals surface area contributed by atoms with Crippen molar-refractivity contribution in [2.75, 3.05) is 27.2 Å². The first-order chi connectivity index (χ1) is 12.9. The summed E-state index contributed by atoms with van der Waals surface area (Å²) in [6.45, 7) is 5.83. The molecule has 1 N–H and O–H groups in total. The third-order valence-corrected chi connectivity index (χ3v) is 7.29. The van der Waals surface area contributed by atoms with Gasteiger partial charge in [-0.3, -0.25) is 9.89 Å². The van der Waals surface area contributed by atoms with Crippen molar-refractivity contribution >= 4 is 5.91 Å². The van der Waals surface area contributed by atoms with Crippen molar-refractivity contribution in [1.82, 2.24) is 20.0 Å². The number of carbonyl (C=O) groups is 1. The van der Waals surface area contributed by atoms with Crippen LogP contribution in [-0.4, -0.2) is 65.2 Å². The highest BCUT2D eigenvalue weighted by Crippen LogP contribution is 2.45. The van der Waals surface area contributed by atoms with E-state index in [0.717, 1.165) is 49.7 Å². The number of hydrogen-bond donors (Lipinski definition) is 1. The van der Waals surface area contributed by atoms with Crippen LogP contribution in [0.25, 0.3) is 0 Å². The van der Waals surface area contributed by atoms with Gasteiger partial charge in [-0.1, -0.05) is 0 Å². The highest BCUT2D eigenvalue weighted by atomic mass is 16.5. The van der Waals surface area contributed by atoms with Crippen LogP contribution in [-0.2, 0) is 11.2 Å². The van der Waals surface area contributed by atoms with Gasteiger partial charge in [0.15, 0.2) is 5.69 Å². The summed E-state index contributed by atoms with van der Waals surface area (Å²) >= 11 is 0. The standard InChI is InChI=1S/C21H34N4O2/c1-14-13-17-18(15(2)27-14)22-23-19(17)20(26)25-11-9-21(10-12-25)7-5-16(6-8-21)24(3)4/h14-16H,5-13H2,1-4H3,(H,22,23)/t14-,15+/m1/s1. The zero-order valence-electron chi connectivity index (χ0n) is 17.3. The summed E-state index contributed by atoms with van der Waals surface area (Å²) in [5.41, 5.74) is 3.13. The normalized spacial score (nSPS) is 28.6. The van der Waals surface area contributed by atoms with Crippen LogP contribution < -0.4 is 0 Å². The number of carbonyl (C=O) groups excluding carboxylic acids is 1. The van der Waals surface area contributed by atoms with E-state index < -0.39 is 0 Å². The summed E-state index contributed by atoms with van der Waals surface area (Å²) < 4.78 is 5.85. The zero-order chi connectivity index (χ0) is 19.2. The van der Waals surface area contributed by atoms with Crippen molar-refractivity contribution in [2.45, 2.75) is 77.0 Å². The number of fused-ring (bicyclic) bond motifs is 1. The van der Waals surface area contributed by atoms with Crippen LogP contribution in [0.3, 0.4) is 0 Å². The van der Waals surface area contributed by atoms with E-state index >= 15 is 0 Å². The number of aromatic amines is 1. The number of amides is 1. The third-order valence-electron chi connectivity index (χ3n) is 7.29. The Kier molecular flexibility index (Phi) is 5.06. The Hall–Kier alpha value is -1.40. The van der Waals surface area contributed by atoms with E-state index in [2.05, 4.69) is 36.1 Å². The first kappa shape index (κ1) is 18.9. The number of nitrogens with zero attached hydrogens (tertiary/aromatic N) is 3. The average molecular weight is 375 g/mol. The Morgan fingerprint density at radius 3 is 2.48 bits per heavy atom. The van der Waals surface area contributed by atoms with Crippen LogP contribution in [0.5, 0.6) is 0 Å². The number of nitrogens with one attached hydrogen (secondary N) is 1. The van der Waals surface area contributed by atoms with Gasteiger partial charge in [0.2, 0.25) is 0 Å². The van der Waals surface area contributed by atoms with Gasteiger partial charge in [-0.25, -0.2) is 0 Å². The molecular formula is C21H34N4O2. The Morgan fingerprint density at radius 2 is 1.85 bits per heavy atom. The lowest BCUT2D eigenvalue weighted by atomic mass is 9.67. The molecule has 1 aliphatic carbocycles. The number of H-pyrrole nitrogens is 1. The number of aromatic nitrogens is 2. The Morgan fingerprint density at radius 1 is 1.19 bits per heavy atom. The topological polar surface area (TPSA) is 61.5 Å². The van der Waals surface area contributed by atoms with E-state index in [1.165, 1.54) is 25.7 Å². The summed E-state index contributed by atoms with van der Waals surface area (Å²) in [6, 6.07) is 0.733. The smallest absolute Gasteiger partial charge is 0.274 e. The maximum atomic E-state index is 13.2. The predicted octanol–water partition coefficient (Wildman–Crippen LogP) is 3.16. The summed E-state index contributed by atoms with van der Waals surface area (Å²) in [7, 11) is 4.39. The Balaban J connectivity index is 1.40. The van der Waals surface area contributed by atoms with Crippen LogP contribution in [0.2, 0.25) is 0 Å². The van der Waals surface area contributed by atoms with Gasteiger partial charge in [0.25, 0.3) is 5.91 Å². The molecular weight excluding hydrogens is 340 g/mol. The molecule has 2 fully saturated rings. The second kappa shape index (κ2) is 7.21. The molecule has 0 aromatic carbocycles. The second-order valence-corrected chi connectivity index (χ2v) is 9.24. The molecule has 0 bridgehead atoms. The molecule has 6 nitrogen and oxygen atoms in total.